The molecule has 3 rings (SSSR count). The predicted molar refractivity (Wildman–Crippen MR) is 108 cm³/mol. The molecule has 0 aromatic heterocycles. The van der Waals surface area contributed by atoms with Crippen molar-refractivity contribution >= 4 is 29.1 Å². The highest BCUT2D eigenvalue weighted by atomic mass is 35.5. The smallest absolute Gasteiger partial charge is 0.243 e. The number of carbonyl (C=O) groups is 2. The van der Waals surface area contributed by atoms with Gasteiger partial charge >= 0.3 is 0 Å². The molecule has 2 amide bonds. The summed E-state index contributed by atoms with van der Waals surface area (Å²) in [5.41, 5.74) is 1.18. The van der Waals surface area contributed by atoms with Crippen LogP contribution in [0.4, 0.5) is 14.5 Å². The molecule has 2 N–H and O–H groups in total. The zero-order valence-corrected chi connectivity index (χ0v) is 16.7. The molecule has 29 heavy (non-hydrogen) atoms. The van der Waals surface area contributed by atoms with Crippen molar-refractivity contribution in [2.24, 2.45) is 0 Å². The van der Waals surface area contributed by atoms with Gasteiger partial charge in [0.05, 0.1) is 13.1 Å². The fourth-order valence-electron chi connectivity index (χ4n) is 3.10. The fraction of sp³-hybridized carbons (Fsp3) is 0.333. The van der Waals surface area contributed by atoms with Crippen molar-refractivity contribution in [1.29, 1.82) is 0 Å². The van der Waals surface area contributed by atoms with Crippen LogP contribution in [0.1, 0.15) is 31.4 Å². The van der Waals surface area contributed by atoms with E-state index in [1.165, 1.54) is 6.07 Å². The molecule has 1 saturated carbocycles. The molecule has 0 heterocycles. The summed E-state index contributed by atoms with van der Waals surface area (Å²) in [5.74, 6) is -2.85. The Bertz CT molecular complexity index is 888. The molecular formula is C21H22ClF2N3O2. The highest BCUT2D eigenvalue weighted by molar-refractivity contribution is 6.30. The Labute approximate surface area is 173 Å². The second-order valence-electron chi connectivity index (χ2n) is 7.08. The Balaban J connectivity index is 1.52. The van der Waals surface area contributed by atoms with Crippen LogP contribution in [0.5, 0.6) is 0 Å². The molecule has 2 aromatic carbocycles. The van der Waals surface area contributed by atoms with Crippen molar-refractivity contribution in [3.8, 4) is 0 Å². The fourth-order valence-corrected chi connectivity index (χ4v) is 3.23. The number of rotatable bonds is 8. The molecule has 2 aromatic rings. The minimum absolute atomic E-state index is 0.0292. The second-order valence-corrected chi connectivity index (χ2v) is 7.52. The lowest BCUT2D eigenvalue weighted by Gasteiger charge is -2.29. The lowest BCUT2D eigenvalue weighted by atomic mass is 10.1. The number of benzene rings is 2. The molecule has 1 aliphatic carbocycles. The van der Waals surface area contributed by atoms with Gasteiger partial charge in [-0.05, 0) is 49.6 Å². The van der Waals surface area contributed by atoms with E-state index in [0.29, 0.717) is 11.1 Å². The van der Waals surface area contributed by atoms with Crippen LogP contribution in [-0.4, -0.2) is 35.8 Å². The van der Waals surface area contributed by atoms with Crippen LogP contribution in [0, 0.1) is 11.6 Å². The lowest BCUT2D eigenvalue weighted by Crippen LogP contribution is -2.42. The first-order chi connectivity index (χ1) is 13.8. The first-order valence-corrected chi connectivity index (χ1v) is 9.74. The van der Waals surface area contributed by atoms with Gasteiger partial charge in [-0.3, -0.25) is 14.5 Å². The Morgan fingerprint density at radius 2 is 1.79 bits per heavy atom. The monoisotopic (exact) mass is 421 g/mol. The number of halogens is 3. The van der Waals surface area contributed by atoms with Gasteiger partial charge in [0.25, 0.3) is 0 Å². The third-order valence-corrected chi connectivity index (χ3v) is 5.09. The molecule has 0 radical (unpaired) electrons. The molecule has 154 valence electrons. The summed E-state index contributed by atoms with van der Waals surface area (Å²) in [6.07, 6.45) is 2.06. The van der Waals surface area contributed by atoms with Crippen molar-refractivity contribution in [3.63, 3.8) is 0 Å². The van der Waals surface area contributed by atoms with Gasteiger partial charge < -0.3 is 10.6 Å². The topological polar surface area (TPSA) is 61.4 Å². The molecule has 1 aliphatic rings. The quantitative estimate of drug-likeness (QED) is 0.679. The van der Waals surface area contributed by atoms with Gasteiger partial charge in [0.15, 0.2) is 11.6 Å². The van der Waals surface area contributed by atoms with Gasteiger partial charge in [-0.2, -0.15) is 0 Å². The Morgan fingerprint density at radius 3 is 2.41 bits per heavy atom. The summed E-state index contributed by atoms with van der Waals surface area (Å²) in [6.45, 7) is 1.93. The first kappa shape index (κ1) is 21.2. The zero-order chi connectivity index (χ0) is 21.0. The number of carbonyl (C=O) groups excluding carboxylic acids is 2. The van der Waals surface area contributed by atoms with Crippen LogP contribution in [-0.2, 0) is 9.59 Å². The van der Waals surface area contributed by atoms with Crippen molar-refractivity contribution in [2.45, 2.75) is 31.8 Å². The maximum Gasteiger partial charge on any atom is 0.243 e. The van der Waals surface area contributed by atoms with E-state index >= 15 is 0 Å². The first-order valence-electron chi connectivity index (χ1n) is 9.36. The maximum atomic E-state index is 13.2. The van der Waals surface area contributed by atoms with E-state index in [1.807, 2.05) is 31.2 Å². The number of amides is 2. The van der Waals surface area contributed by atoms with E-state index in [9.17, 15) is 18.4 Å². The molecule has 1 fully saturated rings. The van der Waals surface area contributed by atoms with Crippen molar-refractivity contribution < 1.29 is 18.4 Å². The second kappa shape index (κ2) is 9.33. The molecule has 0 aliphatic heterocycles. The van der Waals surface area contributed by atoms with Gasteiger partial charge in [0.2, 0.25) is 11.8 Å². The molecule has 0 spiro atoms. The average molecular weight is 422 g/mol. The highest BCUT2D eigenvalue weighted by Gasteiger charge is 2.34. The number of hydrogen-bond acceptors (Lipinski definition) is 3. The van der Waals surface area contributed by atoms with Crippen LogP contribution >= 0.6 is 11.6 Å². The van der Waals surface area contributed by atoms with E-state index < -0.39 is 17.5 Å². The summed E-state index contributed by atoms with van der Waals surface area (Å²) < 4.78 is 26.1. The number of nitrogens with zero attached hydrogens (tertiary/aromatic N) is 1. The van der Waals surface area contributed by atoms with Gasteiger partial charge in [-0.1, -0.05) is 23.7 Å². The van der Waals surface area contributed by atoms with E-state index in [0.717, 1.165) is 30.5 Å². The van der Waals surface area contributed by atoms with Gasteiger partial charge in [-0.25, -0.2) is 8.78 Å². The van der Waals surface area contributed by atoms with Crippen molar-refractivity contribution in [2.75, 3.05) is 18.4 Å². The number of hydrogen-bond donors (Lipinski definition) is 2. The third-order valence-electron chi connectivity index (χ3n) is 4.84. The maximum absolute atomic E-state index is 13.2. The van der Waals surface area contributed by atoms with E-state index in [1.54, 1.807) is 0 Å². The van der Waals surface area contributed by atoms with Crippen LogP contribution < -0.4 is 10.6 Å². The van der Waals surface area contributed by atoms with Gasteiger partial charge in [-0.15, -0.1) is 0 Å². The Kier molecular flexibility index (Phi) is 6.82. The van der Waals surface area contributed by atoms with Gasteiger partial charge in [0, 0.05) is 28.9 Å². The molecule has 1 atom stereocenters. The zero-order valence-electron chi connectivity index (χ0n) is 15.9. The van der Waals surface area contributed by atoms with Crippen LogP contribution in [0.25, 0.3) is 0 Å². The summed E-state index contributed by atoms with van der Waals surface area (Å²) >= 11 is 5.95. The van der Waals surface area contributed by atoms with E-state index in [-0.39, 0.29) is 30.7 Å². The predicted octanol–water partition coefficient (Wildman–Crippen LogP) is 3.90. The van der Waals surface area contributed by atoms with Gasteiger partial charge in [0.1, 0.15) is 0 Å². The van der Waals surface area contributed by atoms with Crippen LogP contribution in [0.15, 0.2) is 42.5 Å². The largest absolute Gasteiger partial charge is 0.346 e. The summed E-state index contributed by atoms with van der Waals surface area (Å²) in [7, 11) is 0. The minimum Gasteiger partial charge on any atom is -0.346 e. The van der Waals surface area contributed by atoms with Crippen LogP contribution in [0.2, 0.25) is 5.02 Å². The van der Waals surface area contributed by atoms with E-state index in [2.05, 4.69) is 15.5 Å². The minimum atomic E-state index is -1.05. The standard InChI is InChI=1S/C21H22ClF2N3O2/c1-13(14-2-4-15(22)5-3-14)27(17-7-8-17)12-21(29)25-11-20(28)26-16-6-9-18(23)19(24)10-16/h2-6,9-10,13,17H,7-8,11-12H2,1H3,(H,25,29)(H,26,28). The Hall–Kier alpha value is -2.51. The highest BCUT2D eigenvalue weighted by Crippen LogP contribution is 2.34. The van der Waals surface area contributed by atoms with E-state index in [4.69, 9.17) is 11.6 Å². The number of anilines is 1. The molecule has 5 nitrogen and oxygen atoms in total. The SMILES string of the molecule is CC(c1ccc(Cl)cc1)N(CC(=O)NCC(=O)Nc1ccc(F)c(F)c1)C1CC1. The van der Waals surface area contributed by atoms with Crippen molar-refractivity contribution in [3.05, 3.63) is 64.7 Å². The molecule has 0 bridgehead atoms. The van der Waals surface area contributed by atoms with Crippen molar-refractivity contribution in [1.82, 2.24) is 10.2 Å². The molecule has 8 heteroatoms. The summed E-state index contributed by atoms with van der Waals surface area (Å²) in [5, 5.41) is 5.65. The molecule has 1 unspecified atom stereocenters. The normalized spacial score (nSPS) is 14.5. The summed E-state index contributed by atoms with van der Waals surface area (Å²) in [6, 6.07) is 10.9. The average Bonchev–Trinajstić information content (AvgIpc) is 3.52. The molecular weight excluding hydrogens is 400 g/mol. The third kappa shape index (κ3) is 5.98. The number of nitrogens with one attached hydrogen (secondary N) is 2. The summed E-state index contributed by atoms with van der Waals surface area (Å²) in [4.78, 5) is 26.4. The Morgan fingerprint density at radius 1 is 1.10 bits per heavy atom. The lowest BCUT2D eigenvalue weighted by molar-refractivity contribution is -0.125. The van der Waals surface area contributed by atoms with Crippen LogP contribution in [0.3, 0.4) is 0 Å². The molecule has 0 saturated heterocycles.